The molecule has 0 saturated carbocycles. The van der Waals surface area contributed by atoms with Crippen molar-refractivity contribution < 1.29 is 33.4 Å². The summed E-state index contributed by atoms with van der Waals surface area (Å²) in [7, 11) is 2.80. The fourth-order valence-corrected chi connectivity index (χ4v) is 2.81. The molecule has 1 aliphatic heterocycles. The minimum Gasteiger partial charge on any atom is -0.493 e. The van der Waals surface area contributed by atoms with Gasteiger partial charge in [-0.25, -0.2) is 4.79 Å². The smallest absolute Gasteiger partial charge is 0.367 e. The number of nitro groups is 1. The number of benzene rings is 1. The van der Waals surface area contributed by atoms with Gasteiger partial charge in [0.15, 0.2) is 17.8 Å². The Kier molecular flexibility index (Phi) is 7.29. The summed E-state index contributed by atoms with van der Waals surface area (Å²) in [5.74, 6) is 1.02. The van der Waals surface area contributed by atoms with Crippen LogP contribution in [-0.2, 0) is 20.8 Å². The van der Waals surface area contributed by atoms with Gasteiger partial charge < -0.3 is 23.7 Å². The average Bonchev–Trinajstić information content (AvgIpc) is 3.12. The first-order chi connectivity index (χ1) is 12.0. The molecule has 1 aliphatic rings. The van der Waals surface area contributed by atoms with E-state index in [-0.39, 0.29) is 29.9 Å². The first-order valence-electron chi connectivity index (χ1n) is 7.47. The molecule has 0 aromatic heterocycles. The molecule has 1 aromatic carbocycles. The summed E-state index contributed by atoms with van der Waals surface area (Å²) in [5.41, 5.74) is 0.0160. The first kappa shape index (κ1) is 19.3. The van der Waals surface area contributed by atoms with Crippen LogP contribution in [0.4, 0.5) is 10.5 Å². The Morgan fingerprint density at radius 3 is 2.52 bits per heavy atom. The maximum Gasteiger partial charge on any atom is 0.367 e. The maximum atomic E-state index is 11.8. The largest absolute Gasteiger partial charge is 0.493 e. The average molecular weight is 373 g/mol. The van der Waals surface area contributed by atoms with Gasteiger partial charge in [-0.05, 0) is 17.8 Å². The zero-order chi connectivity index (χ0) is 18.2. The molecular weight excluding hydrogens is 354 g/mol. The molecule has 0 atom stereocenters. The Morgan fingerprint density at radius 1 is 1.28 bits per heavy atom. The van der Waals surface area contributed by atoms with Crippen LogP contribution in [0.25, 0.3) is 0 Å². The third-order valence-corrected chi connectivity index (χ3v) is 4.18. The molecule has 0 spiro atoms. The lowest BCUT2D eigenvalue weighted by Crippen LogP contribution is -2.09. The first-order valence-corrected chi connectivity index (χ1v) is 8.45. The van der Waals surface area contributed by atoms with E-state index in [9.17, 15) is 14.9 Å². The number of nitrogens with zero attached hydrogens (tertiary/aromatic N) is 1. The van der Waals surface area contributed by atoms with E-state index in [4.69, 9.17) is 23.7 Å². The number of nitro benzene ring substituents is 1. The van der Waals surface area contributed by atoms with Gasteiger partial charge in [0.2, 0.25) is 0 Å². The van der Waals surface area contributed by atoms with Crippen molar-refractivity contribution in [1.82, 2.24) is 0 Å². The van der Waals surface area contributed by atoms with Gasteiger partial charge in [-0.3, -0.25) is 10.1 Å². The molecule has 2 rings (SSSR count). The van der Waals surface area contributed by atoms with Crippen LogP contribution in [-0.4, -0.2) is 49.7 Å². The minimum atomic E-state index is -0.562. The number of ether oxygens (including phenoxy) is 5. The summed E-state index contributed by atoms with van der Waals surface area (Å²) in [6, 6.07) is 2.67. The summed E-state index contributed by atoms with van der Waals surface area (Å²) < 4.78 is 25.8. The van der Waals surface area contributed by atoms with Crippen LogP contribution in [0, 0.1) is 10.1 Å². The summed E-state index contributed by atoms with van der Waals surface area (Å²) in [4.78, 5) is 22.4. The number of hydrogen-bond donors (Lipinski definition) is 0. The maximum absolute atomic E-state index is 11.8. The predicted octanol–water partition coefficient (Wildman–Crippen LogP) is 2.74. The molecule has 0 bridgehead atoms. The molecule has 1 fully saturated rings. The molecule has 0 aliphatic carbocycles. The molecule has 0 amide bonds. The van der Waals surface area contributed by atoms with Crippen molar-refractivity contribution in [2.45, 2.75) is 19.3 Å². The van der Waals surface area contributed by atoms with E-state index in [1.807, 2.05) is 0 Å². The second-order valence-corrected chi connectivity index (χ2v) is 5.97. The van der Waals surface area contributed by atoms with E-state index >= 15 is 0 Å². The summed E-state index contributed by atoms with van der Waals surface area (Å²) in [6.07, 6.45) is 0.281. The molecule has 25 heavy (non-hydrogen) atoms. The Bertz CT molecular complexity index is 618. The molecule has 0 unspecified atom stereocenters. The van der Waals surface area contributed by atoms with Gasteiger partial charge in [0.25, 0.3) is 5.69 Å². The number of hydrogen-bond acceptors (Lipinski definition) is 9. The molecule has 1 heterocycles. The van der Waals surface area contributed by atoms with Gasteiger partial charge in [-0.15, -0.1) is 0 Å². The fourth-order valence-electron chi connectivity index (χ4n) is 2.19. The number of thioether (sulfide) groups is 1. The second-order valence-electron chi connectivity index (χ2n) is 4.94. The van der Waals surface area contributed by atoms with Gasteiger partial charge in [0, 0.05) is 12.2 Å². The molecule has 0 N–H and O–H groups in total. The third-order valence-electron chi connectivity index (χ3n) is 3.39. The Balaban J connectivity index is 1.91. The lowest BCUT2D eigenvalue weighted by Gasteiger charge is -2.11. The van der Waals surface area contributed by atoms with E-state index in [1.165, 1.54) is 26.4 Å². The van der Waals surface area contributed by atoms with Crippen molar-refractivity contribution >= 4 is 22.8 Å². The standard InChI is InChI=1S/C15H19NO8S/c1-20-12-7-10(11(16(18)19)8-13(12)21-2)9-24-15(17)25-6-3-14-22-4-5-23-14/h7-8,14H,3-6,9H2,1-2H3. The van der Waals surface area contributed by atoms with Crippen molar-refractivity contribution in [1.29, 1.82) is 0 Å². The highest BCUT2D eigenvalue weighted by Crippen LogP contribution is 2.35. The van der Waals surface area contributed by atoms with E-state index < -0.39 is 10.2 Å². The fraction of sp³-hybridized carbons (Fsp3) is 0.533. The summed E-state index contributed by atoms with van der Waals surface area (Å²) in [6.45, 7) is 0.879. The van der Waals surface area contributed by atoms with Crippen LogP contribution in [0.5, 0.6) is 11.5 Å². The van der Waals surface area contributed by atoms with Crippen molar-refractivity contribution in [3.05, 3.63) is 27.8 Å². The number of methoxy groups -OCH3 is 2. The van der Waals surface area contributed by atoms with E-state index in [0.717, 1.165) is 11.8 Å². The third kappa shape index (κ3) is 5.48. The van der Waals surface area contributed by atoms with Gasteiger partial charge in [-0.2, -0.15) is 0 Å². The van der Waals surface area contributed by atoms with Gasteiger partial charge in [0.05, 0.1) is 44.0 Å². The van der Waals surface area contributed by atoms with E-state index in [0.29, 0.717) is 31.1 Å². The van der Waals surface area contributed by atoms with Crippen LogP contribution in [0.15, 0.2) is 12.1 Å². The molecule has 1 saturated heterocycles. The molecule has 138 valence electrons. The molecule has 0 radical (unpaired) electrons. The van der Waals surface area contributed by atoms with Crippen LogP contribution in [0.2, 0.25) is 0 Å². The Morgan fingerprint density at radius 2 is 1.92 bits per heavy atom. The summed E-state index contributed by atoms with van der Waals surface area (Å²) in [5, 5.41) is 10.7. The molecule has 10 heteroatoms. The van der Waals surface area contributed by atoms with Crippen LogP contribution in [0.3, 0.4) is 0 Å². The lowest BCUT2D eigenvalue weighted by molar-refractivity contribution is -0.385. The van der Waals surface area contributed by atoms with Gasteiger partial charge in [-0.1, -0.05) is 0 Å². The minimum absolute atomic E-state index is 0.205. The lowest BCUT2D eigenvalue weighted by atomic mass is 10.1. The molecule has 1 aromatic rings. The Labute approximate surface area is 148 Å². The van der Waals surface area contributed by atoms with Gasteiger partial charge >= 0.3 is 5.30 Å². The monoisotopic (exact) mass is 373 g/mol. The van der Waals surface area contributed by atoms with E-state index in [1.54, 1.807) is 0 Å². The quantitative estimate of drug-likeness (QED) is 0.386. The molecular formula is C15H19NO8S. The van der Waals surface area contributed by atoms with Crippen LogP contribution < -0.4 is 9.47 Å². The van der Waals surface area contributed by atoms with Crippen molar-refractivity contribution in [2.24, 2.45) is 0 Å². The SMILES string of the molecule is COc1cc(COC(=O)SCCC2OCCO2)c([N+](=O)[O-])cc1OC. The van der Waals surface area contributed by atoms with Crippen LogP contribution >= 0.6 is 11.8 Å². The molecule has 9 nitrogen and oxygen atoms in total. The zero-order valence-corrected chi connectivity index (χ0v) is 14.7. The van der Waals surface area contributed by atoms with Gasteiger partial charge in [0.1, 0.15) is 6.61 Å². The van der Waals surface area contributed by atoms with Crippen molar-refractivity contribution in [2.75, 3.05) is 33.2 Å². The highest BCUT2D eigenvalue weighted by molar-refractivity contribution is 8.13. The topological polar surface area (TPSA) is 106 Å². The number of carbonyl (C=O) groups is 1. The zero-order valence-electron chi connectivity index (χ0n) is 13.9. The highest BCUT2D eigenvalue weighted by Gasteiger charge is 2.21. The van der Waals surface area contributed by atoms with Crippen molar-refractivity contribution in [3.63, 3.8) is 0 Å². The van der Waals surface area contributed by atoms with Crippen LogP contribution in [0.1, 0.15) is 12.0 Å². The number of rotatable bonds is 8. The summed E-state index contributed by atoms with van der Waals surface area (Å²) >= 11 is 0.967. The normalized spacial score (nSPS) is 14.3. The number of carbonyl (C=O) groups excluding carboxylic acids is 1. The van der Waals surface area contributed by atoms with E-state index in [2.05, 4.69) is 0 Å². The van der Waals surface area contributed by atoms with Crippen molar-refractivity contribution in [3.8, 4) is 11.5 Å². The predicted molar refractivity (Wildman–Crippen MR) is 89.2 cm³/mol. The highest BCUT2D eigenvalue weighted by atomic mass is 32.2. The second kappa shape index (κ2) is 9.44. The Hall–Kier alpha value is -2.04.